The van der Waals surface area contributed by atoms with Gasteiger partial charge in [-0.25, -0.2) is 4.79 Å². The molecule has 0 aliphatic rings. The Morgan fingerprint density at radius 3 is 2.55 bits per heavy atom. The lowest BCUT2D eigenvalue weighted by molar-refractivity contribution is -0.134. The Morgan fingerprint density at radius 1 is 1.27 bits per heavy atom. The van der Waals surface area contributed by atoms with Crippen molar-refractivity contribution in [3.05, 3.63) is 42.0 Å². The molecular weight excluding hydrogens is 284 g/mol. The number of hydrogen-bond acceptors (Lipinski definition) is 5. The van der Waals surface area contributed by atoms with Gasteiger partial charge in [0.2, 0.25) is 0 Å². The fourth-order valence-corrected chi connectivity index (χ4v) is 1.81. The van der Waals surface area contributed by atoms with E-state index < -0.39 is 12.1 Å². The van der Waals surface area contributed by atoms with E-state index in [-0.39, 0.29) is 5.92 Å². The van der Waals surface area contributed by atoms with Crippen LogP contribution < -0.4 is 4.74 Å². The summed E-state index contributed by atoms with van der Waals surface area (Å²) in [5, 5.41) is 9.97. The van der Waals surface area contributed by atoms with Gasteiger partial charge in [0.25, 0.3) is 0 Å². The third kappa shape index (κ3) is 6.74. The molecule has 1 aromatic rings. The SMILES string of the molecule is COC(=O)/C=C/[C@H](C)[C@H](O)CCOCc1ccc(OC)cc1. The summed E-state index contributed by atoms with van der Waals surface area (Å²) in [6.45, 7) is 2.78. The van der Waals surface area contributed by atoms with Crippen LogP contribution in [0.15, 0.2) is 36.4 Å². The molecule has 5 nitrogen and oxygen atoms in total. The van der Waals surface area contributed by atoms with Crippen molar-refractivity contribution >= 4 is 5.97 Å². The maximum absolute atomic E-state index is 11.0. The number of hydrogen-bond donors (Lipinski definition) is 1. The van der Waals surface area contributed by atoms with Crippen LogP contribution in [0.2, 0.25) is 0 Å². The second-order valence-electron chi connectivity index (χ2n) is 5.00. The number of methoxy groups -OCH3 is 2. The van der Waals surface area contributed by atoms with Crippen LogP contribution in [0, 0.1) is 5.92 Å². The monoisotopic (exact) mass is 308 g/mol. The Hall–Kier alpha value is -1.85. The van der Waals surface area contributed by atoms with Gasteiger partial charge in [-0.1, -0.05) is 25.1 Å². The number of carbonyl (C=O) groups is 1. The van der Waals surface area contributed by atoms with E-state index >= 15 is 0 Å². The normalized spacial score (nSPS) is 13.8. The summed E-state index contributed by atoms with van der Waals surface area (Å²) in [4.78, 5) is 11.0. The smallest absolute Gasteiger partial charge is 0.330 e. The Bertz CT molecular complexity index is 466. The van der Waals surface area contributed by atoms with Crippen LogP contribution in [0.5, 0.6) is 5.75 Å². The van der Waals surface area contributed by atoms with Crippen LogP contribution in [0.3, 0.4) is 0 Å². The molecule has 0 fully saturated rings. The van der Waals surface area contributed by atoms with E-state index in [9.17, 15) is 9.90 Å². The summed E-state index contributed by atoms with van der Waals surface area (Å²) in [5.41, 5.74) is 1.05. The van der Waals surface area contributed by atoms with Crippen molar-refractivity contribution < 1.29 is 24.1 Å². The molecule has 0 amide bonds. The molecular formula is C17H24O5. The van der Waals surface area contributed by atoms with Crippen molar-refractivity contribution in [1.82, 2.24) is 0 Å². The van der Waals surface area contributed by atoms with E-state index in [4.69, 9.17) is 9.47 Å². The summed E-state index contributed by atoms with van der Waals surface area (Å²) in [6, 6.07) is 7.65. The molecule has 0 heterocycles. The van der Waals surface area contributed by atoms with Crippen LogP contribution in [0.1, 0.15) is 18.9 Å². The molecule has 0 bridgehead atoms. The second kappa shape index (κ2) is 9.97. The Kier molecular flexibility index (Phi) is 8.25. The van der Waals surface area contributed by atoms with Gasteiger partial charge < -0.3 is 19.3 Å². The predicted molar refractivity (Wildman–Crippen MR) is 83.6 cm³/mol. The minimum atomic E-state index is -0.559. The van der Waals surface area contributed by atoms with Crippen molar-refractivity contribution in [2.75, 3.05) is 20.8 Å². The van der Waals surface area contributed by atoms with E-state index in [1.165, 1.54) is 13.2 Å². The maximum atomic E-state index is 11.0. The standard InChI is InChI=1S/C17H24O5/c1-13(4-9-17(19)21-3)16(18)10-11-22-12-14-5-7-15(20-2)8-6-14/h4-9,13,16,18H,10-12H2,1-3H3/b9-4+/t13-,16+/m0/s1. The summed E-state index contributed by atoms with van der Waals surface area (Å²) >= 11 is 0. The van der Waals surface area contributed by atoms with Gasteiger partial charge >= 0.3 is 5.97 Å². The molecule has 0 saturated heterocycles. The zero-order chi connectivity index (χ0) is 16.4. The number of benzene rings is 1. The number of aliphatic hydroxyl groups excluding tert-OH is 1. The Labute approximate surface area is 131 Å². The van der Waals surface area contributed by atoms with Gasteiger partial charge in [0, 0.05) is 18.6 Å². The van der Waals surface area contributed by atoms with Gasteiger partial charge in [0.15, 0.2) is 0 Å². The Balaban J connectivity index is 2.25. The molecule has 2 atom stereocenters. The molecule has 0 spiro atoms. The molecule has 5 heteroatoms. The lowest BCUT2D eigenvalue weighted by atomic mass is 10.0. The number of rotatable bonds is 9. The number of aliphatic hydroxyl groups is 1. The van der Waals surface area contributed by atoms with Gasteiger partial charge in [0.1, 0.15) is 5.75 Å². The molecule has 0 aliphatic heterocycles. The fraction of sp³-hybridized carbons (Fsp3) is 0.471. The molecule has 1 aromatic carbocycles. The van der Waals surface area contributed by atoms with Crippen molar-refractivity contribution in [3.8, 4) is 5.75 Å². The van der Waals surface area contributed by atoms with Crippen molar-refractivity contribution in [2.24, 2.45) is 5.92 Å². The average Bonchev–Trinajstić information content (AvgIpc) is 2.56. The van der Waals surface area contributed by atoms with Gasteiger partial charge in [-0.3, -0.25) is 0 Å². The lowest BCUT2D eigenvalue weighted by Gasteiger charge is -2.15. The fourth-order valence-electron chi connectivity index (χ4n) is 1.81. The van der Waals surface area contributed by atoms with Gasteiger partial charge in [-0.05, 0) is 24.1 Å². The highest BCUT2D eigenvalue weighted by Gasteiger charge is 2.11. The quantitative estimate of drug-likeness (QED) is 0.431. The summed E-state index contributed by atoms with van der Waals surface area (Å²) in [6.07, 6.45) is 2.91. The minimum Gasteiger partial charge on any atom is -0.497 e. The molecule has 0 aromatic heterocycles. The first kappa shape index (κ1) is 18.2. The van der Waals surface area contributed by atoms with Crippen molar-refractivity contribution in [2.45, 2.75) is 26.1 Å². The minimum absolute atomic E-state index is 0.135. The number of carbonyl (C=O) groups excluding carboxylic acids is 1. The maximum Gasteiger partial charge on any atom is 0.330 e. The number of esters is 1. The highest BCUT2D eigenvalue weighted by atomic mass is 16.5. The molecule has 0 saturated carbocycles. The van der Waals surface area contributed by atoms with Crippen LogP contribution in [0.25, 0.3) is 0 Å². The third-order valence-electron chi connectivity index (χ3n) is 3.33. The van der Waals surface area contributed by atoms with Gasteiger partial charge in [0.05, 0.1) is 26.9 Å². The van der Waals surface area contributed by atoms with E-state index in [2.05, 4.69) is 4.74 Å². The van der Waals surface area contributed by atoms with Crippen LogP contribution in [0.4, 0.5) is 0 Å². The highest BCUT2D eigenvalue weighted by Crippen LogP contribution is 2.13. The summed E-state index contributed by atoms with van der Waals surface area (Å²) < 4.78 is 15.1. The van der Waals surface area contributed by atoms with Crippen LogP contribution in [-0.2, 0) is 20.9 Å². The largest absolute Gasteiger partial charge is 0.497 e. The van der Waals surface area contributed by atoms with Crippen LogP contribution >= 0.6 is 0 Å². The first-order chi connectivity index (χ1) is 10.6. The first-order valence-corrected chi connectivity index (χ1v) is 7.21. The zero-order valence-corrected chi connectivity index (χ0v) is 13.3. The van der Waals surface area contributed by atoms with E-state index in [1.54, 1.807) is 13.2 Å². The van der Waals surface area contributed by atoms with Gasteiger partial charge in [-0.15, -0.1) is 0 Å². The van der Waals surface area contributed by atoms with Crippen molar-refractivity contribution in [3.63, 3.8) is 0 Å². The second-order valence-corrected chi connectivity index (χ2v) is 5.00. The molecule has 122 valence electrons. The molecule has 1 rings (SSSR count). The molecule has 0 aliphatic carbocycles. The number of ether oxygens (including phenoxy) is 3. The predicted octanol–water partition coefficient (Wildman–Crippen LogP) is 2.33. The topological polar surface area (TPSA) is 65.0 Å². The lowest BCUT2D eigenvalue weighted by Crippen LogP contribution is -2.18. The summed E-state index contributed by atoms with van der Waals surface area (Å²) in [5.74, 6) is 0.254. The first-order valence-electron chi connectivity index (χ1n) is 7.21. The van der Waals surface area contributed by atoms with Crippen molar-refractivity contribution in [1.29, 1.82) is 0 Å². The molecule has 1 N–H and O–H groups in total. The average molecular weight is 308 g/mol. The van der Waals surface area contributed by atoms with E-state index in [0.717, 1.165) is 11.3 Å². The zero-order valence-electron chi connectivity index (χ0n) is 13.3. The van der Waals surface area contributed by atoms with E-state index in [0.29, 0.717) is 19.6 Å². The molecule has 0 unspecified atom stereocenters. The van der Waals surface area contributed by atoms with E-state index in [1.807, 2.05) is 31.2 Å². The molecule has 0 radical (unpaired) electrons. The van der Waals surface area contributed by atoms with Crippen LogP contribution in [-0.4, -0.2) is 38.0 Å². The third-order valence-corrected chi connectivity index (χ3v) is 3.33. The molecule has 22 heavy (non-hydrogen) atoms. The van der Waals surface area contributed by atoms with Gasteiger partial charge in [-0.2, -0.15) is 0 Å². The summed E-state index contributed by atoms with van der Waals surface area (Å²) in [7, 11) is 2.95. The Morgan fingerprint density at radius 2 is 1.95 bits per heavy atom. The highest BCUT2D eigenvalue weighted by molar-refractivity contribution is 5.81.